The van der Waals surface area contributed by atoms with Crippen LogP contribution in [-0.4, -0.2) is 6.61 Å². The Kier molecular flexibility index (Phi) is 5.20. The van der Waals surface area contributed by atoms with E-state index in [4.69, 9.17) is 32.4 Å². The Hall–Kier alpha value is -0.640. The van der Waals surface area contributed by atoms with E-state index in [1.807, 2.05) is 18.2 Å². The lowest BCUT2D eigenvalue weighted by Gasteiger charge is -2.11. The first-order chi connectivity index (χ1) is 9.11. The average Bonchev–Trinajstić information content (AvgIpc) is 2.83. The second kappa shape index (κ2) is 6.69. The van der Waals surface area contributed by atoms with E-state index in [2.05, 4.69) is 22.9 Å². The summed E-state index contributed by atoms with van der Waals surface area (Å²) in [6.45, 7) is 2.76. The number of furan rings is 1. The quantitative estimate of drug-likeness (QED) is 0.625. The van der Waals surface area contributed by atoms with Crippen molar-refractivity contribution in [1.29, 1.82) is 0 Å². The van der Waals surface area contributed by atoms with Crippen molar-refractivity contribution in [2.75, 3.05) is 6.61 Å². The minimum Gasteiger partial charge on any atom is -0.492 e. The third-order valence-corrected chi connectivity index (χ3v) is 3.84. The fourth-order valence-corrected chi connectivity index (χ4v) is 2.55. The maximum absolute atomic E-state index is 6.36. The van der Waals surface area contributed by atoms with Crippen LogP contribution in [0.3, 0.4) is 0 Å². The summed E-state index contributed by atoms with van der Waals surface area (Å²) in [5, 5.41) is -0.0355. The third-order valence-electron chi connectivity index (χ3n) is 2.55. The zero-order chi connectivity index (χ0) is 13.8. The zero-order valence-electron chi connectivity index (χ0n) is 10.3. The fraction of sp³-hybridized carbons (Fsp3) is 0.286. The SMILES string of the molecule is CCCOc1ccc(C(Cl)c2ccc(Cl)o2)cc1Br. The first-order valence-corrected chi connectivity index (χ1v) is 7.54. The molecule has 0 N–H and O–H groups in total. The van der Waals surface area contributed by atoms with E-state index in [9.17, 15) is 0 Å². The monoisotopic (exact) mass is 362 g/mol. The van der Waals surface area contributed by atoms with Crippen LogP contribution in [-0.2, 0) is 0 Å². The van der Waals surface area contributed by atoms with Crippen LogP contribution in [0.5, 0.6) is 5.75 Å². The molecular weight excluding hydrogens is 351 g/mol. The summed E-state index contributed by atoms with van der Waals surface area (Å²) in [4.78, 5) is 0. The van der Waals surface area contributed by atoms with E-state index in [0.717, 1.165) is 22.2 Å². The highest BCUT2D eigenvalue weighted by Gasteiger charge is 2.16. The van der Waals surface area contributed by atoms with Crippen LogP contribution >= 0.6 is 39.1 Å². The average molecular weight is 364 g/mol. The molecule has 0 amide bonds. The summed E-state index contributed by atoms with van der Waals surface area (Å²) in [5.74, 6) is 1.44. The molecule has 0 aliphatic heterocycles. The van der Waals surface area contributed by atoms with Gasteiger partial charge in [-0.05, 0) is 63.8 Å². The molecule has 2 nitrogen and oxygen atoms in total. The van der Waals surface area contributed by atoms with Gasteiger partial charge in [0.1, 0.15) is 16.9 Å². The molecule has 2 rings (SSSR count). The maximum Gasteiger partial charge on any atom is 0.193 e. The molecule has 1 aromatic heterocycles. The van der Waals surface area contributed by atoms with Gasteiger partial charge in [0.15, 0.2) is 5.22 Å². The van der Waals surface area contributed by atoms with Crippen LogP contribution in [0.25, 0.3) is 0 Å². The predicted octanol–water partition coefficient (Wildman–Crippen LogP) is 5.81. The van der Waals surface area contributed by atoms with Gasteiger partial charge in [0, 0.05) is 0 Å². The first kappa shape index (κ1) is 14.8. The molecule has 0 aliphatic carbocycles. The summed E-state index contributed by atoms with van der Waals surface area (Å²) in [6, 6.07) is 9.20. The Bertz CT molecular complexity index is 554. The van der Waals surface area contributed by atoms with Crippen molar-refractivity contribution in [1.82, 2.24) is 0 Å². The molecule has 19 heavy (non-hydrogen) atoms. The Labute approximate surface area is 130 Å². The van der Waals surface area contributed by atoms with E-state index in [-0.39, 0.29) is 5.38 Å². The Morgan fingerprint density at radius 3 is 2.68 bits per heavy atom. The van der Waals surface area contributed by atoms with E-state index in [1.165, 1.54) is 0 Å². The standard InChI is InChI=1S/C14H13BrCl2O2/c1-2-7-18-11-4-3-9(8-10(11)15)14(17)12-5-6-13(16)19-12/h3-6,8,14H,2,7H2,1H3. The highest BCUT2D eigenvalue weighted by molar-refractivity contribution is 9.10. The van der Waals surface area contributed by atoms with Gasteiger partial charge in [0.2, 0.25) is 0 Å². The number of benzene rings is 1. The maximum atomic E-state index is 6.36. The smallest absolute Gasteiger partial charge is 0.193 e. The molecule has 0 spiro atoms. The molecule has 1 atom stereocenters. The summed E-state index contributed by atoms with van der Waals surface area (Å²) in [5.41, 5.74) is 0.920. The topological polar surface area (TPSA) is 22.4 Å². The molecule has 0 saturated heterocycles. The van der Waals surface area contributed by atoms with Crippen LogP contribution in [0.4, 0.5) is 0 Å². The molecule has 1 unspecified atom stereocenters. The minimum absolute atomic E-state index is 0.336. The molecular formula is C14H13BrCl2O2. The molecule has 0 bridgehead atoms. The van der Waals surface area contributed by atoms with Crippen LogP contribution in [0.2, 0.25) is 5.22 Å². The van der Waals surface area contributed by atoms with Crippen molar-refractivity contribution in [2.24, 2.45) is 0 Å². The lowest BCUT2D eigenvalue weighted by molar-refractivity contribution is 0.315. The molecule has 102 valence electrons. The summed E-state index contributed by atoms with van der Waals surface area (Å²) in [7, 11) is 0. The van der Waals surface area contributed by atoms with Crippen molar-refractivity contribution < 1.29 is 9.15 Å². The van der Waals surface area contributed by atoms with Gasteiger partial charge in [-0.2, -0.15) is 0 Å². The van der Waals surface area contributed by atoms with Gasteiger partial charge in [-0.1, -0.05) is 13.0 Å². The van der Waals surface area contributed by atoms with Crippen molar-refractivity contribution in [3.8, 4) is 5.75 Å². The molecule has 0 radical (unpaired) electrons. The van der Waals surface area contributed by atoms with Crippen molar-refractivity contribution >= 4 is 39.1 Å². The van der Waals surface area contributed by atoms with Crippen molar-refractivity contribution in [2.45, 2.75) is 18.7 Å². The Morgan fingerprint density at radius 2 is 2.11 bits per heavy atom. The Morgan fingerprint density at radius 1 is 1.32 bits per heavy atom. The molecule has 0 saturated carbocycles. The summed E-state index contributed by atoms with van der Waals surface area (Å²) >= 11 is 15.6. The number of rotatable bonds is 5. The van der Waals surface area contributed by atoms with Gasteiger partial charge in [-0.25, -0.2) is 0 Å². The lowest BCUT2D eigenvalue weighted by Crippen LogP contribution is -1.97. The van der Waals surface area contributed by atoms with Gasteiger partial charge in [-0.3, -0.25) is 0 Å². The number of hydrogen-bond acceptors (Lipinski definition) is 2. The number of halogens is 3. The van der Waals surface area contributed by atoms with Crippen LogP contribution in [0.15, 0.2) is 39.2 Å². The molecule has 0 aliphatic rings. The highest BCUT2D eigenvalue weighted by Crippen LogP contribution is 2.35. The minimum atomic E-state index is -0.371. The number of ether oxygens (including phenoxy) is 1. The zero-order valence-corrected chi connectivity index (χ0v) is 13.4. The number of alkyl halides is 1. The largest absolute Gasteiger partial charge is 0.492 e. The van der Waals surface area contributed by atoms with Crippen LogP contribution in [0, 0.1) is 0 Å². The molecule has 2 aromatic rings. The van der Waals surface area contributed by atoms with Crippen LogP contribution < -0.4 is 4.74 Å². The van der Waals surface area contributed by atoms with Gasteiger partial charge >= 0.3 is 0 Å². The molecule has 0 fully saturated rings. The third kappa shape index (κ3) is 3.68. The van der Waals surface area contributed by atoms with Crippen LogP contribution in [0.1, 0.15) is 30.0 Å². The second-order valence-electron chi connectivity index (χ2n) is 4.04. The van der Waals surface area contributed by atoms with Gasteiger partial charge < -0.3 is 9.15 Å². The lowest BCUT2D eigenvalue weighted by atomic mass is 10.1. The summed E-state index contributed by atoms with van der Waals surface area (Å²) in [6.07, 6.45) is 0.969. The van der Waals surface area contributed by atoms with E-state index < -0.39 is 0 Å². The number of hydrogen-bond donors (Lipinski definition) is 0. The van der Waals surface area contributed by atoms with E-state index in [1.54, 1.807) is 12.1 Å². The summed E-state index contributed by atoms with van der Waals surface area (Å²) < 4.78 is 11.8. The van der Waals surface area contributed by atoms with Gasteiger partial charge in [-0.15, -0.1) is 11.6 Å². The first-order valence-electron chi connectivity index (χ1n) is 5.93. The second-order valence-corrected chi connectivity index (χ2v) is 5.71. The van der Waals surface area contributed by atoms with Gasteiger partial charge in [0.05, 0.1) is 11.1 Å². The van der Waals surface area contributed by atoms with E-state index >= 15 is 0 Å². The molecule has 1 aromatic carbocycles. The fourth-order valence-electron chi connectivity index (χ4n) is 1.63. The van der Waals surface area contributed by atoms with E-state index in [0.29, 0.717) is 17.6 Å². The predicted molar refractivity (Wildman–Crippen MR) is 81.3 cm³/mol. The Balaban J connectivity index is 2.19. The van der Waals surface area contributed by atoms with Crippen molar-refractivity contribution in [3.05, 3.63) is 51.3 Å². The molecule has 1 heterocycles. The molecule has 5 heteroatoms. The van der Waals surface area contributed by atoms with Gasteiger partial charge in [0.25, 0.3) is 0 Å². The van der Waals surface area contributed by atoms with Crippen molar-refractivity contribution in [3.63, 3.8) is 0 Å². The highest BCUT2D eigenvalue weighted by atomic mass is 79.9. The normalized spacial score (nSPS) is 12.4.